The average molecular weight is 297 g/mol. The molecule has 0 saturated heterocycles. The lowest BCUT2D eigenvalue weighted by molar-refractivity contribution is 0.261. The first-order valence-electron chi connectivity index (χ1n) is 7.12. The number of ether oxygens (including phenoxy) is 1. The smallest absolute Gasteiger partial charge is 0.240 e. The fourth-order valence-corrected chi connectivity index (χ4v) is 2.16. The third-order valence-corrected chi connectivity index (χ3v) is 3.34. The first-order chi connectivity index (χ1) is 10.6. The number of hydrogen-bond acceptors (Lipinski definition) is 5. The van der Waals surface area contributed by atoms with Crippen LogP contribution < -0.4 is 10.5 Å². The van der Waals surface area contributed by atoms with Crippen molar-refractivity contribution in [3.63, 3.8) is 0 Å². The number of fused-ring (bicyclic) bond motifs is 1. The van der Waals surface area contributed by atoms with Gasteiger partial charge in [0.2, 0.25) is 5.95 Å². The number of anilines is 1. The molecule has 3 aromatic rings. The molecule has 6 heteroatoms. The lowest BCUT2D eigenvalue weighted by Crippen LogP contribution is -2.19. The highest BCUT2D eigenvalue weighted by molar-refractivity contribution is 5.65. The van der Waals surface area contributed by atoms with Crippen LogP contribution in [0, 0.1) is 0 Å². The number of aromatic nitrogens is 3. The van der Waals surface area contributed by atoms with E-state index >= 15 is 0 Å². The maximum Gasteiger partial charge on any atom is 0.240 e. The fourth-order valence-electron chi connectivity index (χ4n) is 2.16. The predicted octanol–water partition coefficient (Wildman–Crippen LogP) is 1.92. The molecule has 0 bridgehead atoms. The maximum absolute atomic E-state index is 5.70. The Morgan fingerprint density at radius 2 is 1.82 bits per heavy atom. The van der Waals surface area contributed by atoms with Gasteiger partial charge in [-0.3, -0.25) is 0 Å². The number of nitrogens with zero attached hydrogens (tertiary/aromatic N) is 4. The molecule has 0 amide bonds. The minimum Gasteiger partial charge on any atom is -0.492 e. The number of hydrogen-bond donors (Lipinski definition) is 1. The van der Waals surface area contributed by atoms with Crippen LogP contribution in [0.25, 0.3) is 16.8 Å². The highest BCUT2D eigenvalue weighted by Gasteiger charge is 2.04. The summed E-state index contributed by atoms with van der Waals surface area (Å²) in [6.45, 7) is 1.57. The second-order valence-electron chi connectivity index (χ2n) is 5.37. The van der Waals surface area contributed by atoms with Gasteiger partial charge in [-0.15, -0.1) is 5.10 Å². The van der Waals surface area contributed by atoms with Crippen molar-refractivity contribution in [1.82, 2.24) is 19.5 Å². The SMILES string of the molecule is CN(C)CCOc1ccc(-c2ccc3nc(N)nn3c2)cc1. The summed E-state index contributed by atoms with van der Waals surface area (Å²) in [6, 6.07) is 11.9. The number of likely N-dealkylation sites (N-methyl/N-ethyl adjacent to an activating group) is 1. The molecule has 0 radical (unpaired) electrons. The number of rotatable bonds is 5. The predicted molar refractivity (Wildman–Crippen MR) is 86.9 cm³/mol. The summed E-state index contributed by atoms with van der Waals surface area (Å²) in [6.07, 6.45) is 1.92. The van der Waals surface area contributed by atoms with Gasteiger partial charge in [-0.25, -0.2) is 4.52 Å². The number of nitrogens with two attached hydrogens (primary N) is 1. The quantitative estimate of drug-likeness (QED) is 0.779. The molecule has 0 saturated carbocycles. The van der Waals surface area contributed by atoms with Crippen LogP contribution in [0.15, 0.2) is 42.6 Å². The molecule has 0 atom stereocenters. The van der Waals surface area contributed by atoms with Gasteiger partial charge in [-0.2, -0.15) is 4.98 Å². The van der Waals surface area contributed by atoms with Crippen LogP contribution in [0.4, 0.5) is 5.95 Å². The second kappa shape index (κ2) is 6.03. The zero-order valence-corrected chi connectivity index (χ0v) is 12.7. The van der Waals surface area contributed by atoms with E-state index in [-0.39, 0.29) is 5.95 Å². The van der Waals surface area contributed by atoms with Crippen molar-refractivity contribution in [2.45, 2.75) is 0 Å². The molecule has 3 rings (SSSR count). The van der Waals surface area contributed by atoms with Crippen LogP contribution in [0.2, 0.25) is 0 Å². The molecule has 0 unspecified atom stereocenters. The van der Waals surface area contributed by atoms with Crippen molar-refractivity contribution < 1.29 is 4.74 Å². The Morgan fingerprint density at radius 3 is 2.55 bits per heavy atom. The molecule has 0 aliphatic heterocycles. The first-order valence-corrected chi connectivity index (χ1v) is 7.12. The van der Waals surface area contributed by atoms with Crippen LogP contribution in [0.5, 0.6) is 5.75 Å². The zero-order chi connectivity index (χ0) is 15.5. The summed E-state index contributed by atoms with van der Waals surface area (Å²) >= 11 is 0. The standard InChI is InChI=1S/C16H19N5O/c1-20(2)9-10-22-14-6-3-12(4-7-14)13-5-8-15-18-16(17)19-21(15)11-13/h3-8,11H,9-10H2,1-2H3,(H2,17,19). The Morgan fingerprint density at radius 1 is 1.09 bits per heavy atom. The van der Waals surface area contributed by atoms with Gasteiger partial charge in [0.25, 0.3) is 0 Å². The fraction of sp³-hybridized carbons (Fsp3) is 0.250. The first kappa shape index (κ1) is 14.3. The third-order valence-electron chi connectivity index (χ3n) is 3.34. The summed E-state index contributed by atoms with van der Waals surface area (Å²) in [5.74, 6) is 1.15. The second-order valence-corrected chi connectivity index (χ2v) is 5.37. The number of benzene rings is 1. The summed E-state index contributed by atoms with van der Waals surface area (Å²) in [5.41, 5.74) is 8.49. The Labute approximate surface area is 129 Å². The van der Waals surface area contributed by atoms with E-state index in [1.807, 2.05) is 56.7 Å². The maximum atomic E-state index is 5.70. The van der Waals surface area contributed by atoms with Gasteiger partial charge >= 0.3 is 0 Å². The lowest BCUT2D eigenvalue weighted by Gasteiger charge is -2.11. The van der Waals surface area contributed by atoms with Crippen molar-refractivity contribution in [1.29, 1.82) is 0 Å². The minimum atomic E-state index is 0.279. The molecule has 2 heterocycles. The monoisotopic (exact) mass is 297 g/mol. The molecule has 6 nitrogen and oxygen atoms in total. The van der Waals surface area contributed by atoms with Crippen LogP contribution in [0.1, 0.15) is 0 Å². The Hall–Kier alpha value is -2.60. The molecule has 0 aliphatic rings. The molecule has 1 aromatic carbocycles. The van der Waals surface area contributed by atoms with Gasteiger partial charge in [0.15, 0.2) is 5.65 Å². The van der Waals surface area contributed by atoms with Crippen molar-refractivity contribution >= 4 is 11.6 Å². The van der Waals surface area contributed by atoms with E-state index in [2.05, 4.69) is 15.0 Å². The summed E-state index contributed by atoms with van der Waals surface area (Å²) in [5, 5.41) is 4.13. The van der Waals surface area contributed by atoms with Gasteiger partial charge in [0.05, 0.1) is 0 Å². The average Bonchev–Trinajstić information content (AvgIpc) is 2.86. The van der Waals surface area contributed by atoms with E-state index in [1.165, 1.54) is 0 Å². The van der Waals surface area contributed by atoms with Crippen LogP contribution in [-0.2, 0) is 0 Å². The lowest BCUT2D eigenvalue weighted by atomic mass is 10.1. The van der Waals surface area contributed by atoms with Gasteiger partial charge in [0, 0.05) is 18.3 Å². The van der Waals surface area contributed by atoms with E-state index in [0.29, 0.717) is 6.61 Å². The Bertz CT molecular complexity index is 764. The molecule has 0 fully saturated rings. The highest BCUT2D eigenvalue weighted by Crippen LogP contribution is 2.22. The highest BCUT2D eigenvalue weighted by atomic mass is 16.5. The van der Waals surface area contributed by atoms with Gasteiger partial charge in [-0.1, -0.05) is 12.1 Å². The zero-order valence-electron chi connectivity index (χ0n) is 12.7. The van der Waals surface area contributed by atoms with Crippen molar-refractivity contribution in [2.24, 2.45) is 0 Å². The number of pyridine rings is 1. The Kier molecular flexibility index (Phi) is 3.93. The molecule has 114 valence electrons. The van der Waals surface area contributed by atoms with Crippen LogP contribution in [-0.4, -0.2) is 46.7 Å². The summed E-state index contributed by atoms with van der Waals surface area (Å²) in [7, 11) is 4.05. The largest absolute Gasteiger partial charge is 0.492 e. The van der Waals surface area contributed by atoms with Gasteiger partial charge in [0.1, 0.15) is 12.4 Å². The molecule has 0 spiro atoms. The normalized spacial score (nSPS) is 11.2. The third kappa shape index (κ3) is 3.17. The van der Waals surface area contributed by atoms with E-state index in [0.717, 1.165) is 29.1 Å². The van der Waals surface area contributed by atoms with E-state index in [1.54, 1.807) is 4.52 Å². The van der Waals surface area contributed by atoms with Gasteiger partial charge < -0.3 is 15.4 Å². The van der Waals surface area contributed by atoms with Gasteiger partial charge in [-0.05, 0) is 43.9 Å². The molecular weight excluding hydrogens is 278 g/mol. The molecular formula is C16H19N5O. The summed E-state index contributed by atoms with van der Waals surface area (Å²) in [4.78, 5) is 6.21. The molecule has 0 aliphatic carbocycles. The van der Waals surface area contributed by atoms with Crippen LogP contribution in [0.3, 0.4) is 0 Å². The molecule has 2 N–H and O–H groups in total. The number of nitrogen functional groups attached to an aromatic ring is 1. The van der Waals surface area contributed by atoms with Crippen LogP contribution >= 0.6 is 0 Å². The topological polar surface area (TPSA) is 68.7 Å². The van der Waals surface area contributed by atoms with E-state index in [9.17, 15) is 0 Å². The molecule has 2 aromatic heterocycles. The summed E-state index contributed by atoms with van der Waals surface area (Å²) < 4.78 is 7.38. The van der Waals surface area contributed by atoms with Crippen molar-refractivity contribution in [3.05, 3.63) is 42.6 Å². The van der Waals surface area contributed by atoms with Crippen molar-refractivity contribution in [2.75, 3.05) is 33.0 Å². The minimum absolute atomic E-state index is 0.279. The van der Waals surface area contributed by atoms with Crippen molar-refractivity contribution in [3.8, 4) is 16.9 Å². The van der Waals surface area contributed by atoms with E-state index in [4.69, 9.17) is 10.5 Å². The Balaban J connectivity index is 1.75. The van der Waals surface area contributed by atoms with E-state index < -0.39 is 0 Å². The molecule has 22 heavy (non-hydrogen) atoms.